The van der Waals surface area contributed by atoms with Crippen LogP contribution < -0.4 is 37.6 Å². The molecule has 0 heterocycles. The summed E-state index contributed by atoms with van der Waals surface area (Å²) in [6.07, 6.45) is -10.3. The van der Waals surface area contributed by atoms with E-state index in [1.54, 1.807) is 0 Å². The Morgan fingerprint density at radius 1 is 0.281 bits per heavy atom. The largest absolute Gasteiger partial charge is 0.481 e. The molecule has 29 heteroatoms. The SMILES string of the molecule is N[C@@H](CCC(=O)O)C(=O)N[C@@H](CCC(=O)O)C(=O)N[C@@H](CCC(=O)O)C(=O)N[C@@H](CCC(=O)O)C(=O)N[C@@H](CCC(=O)O)C(=O)N[C@@H](CCC(=O)O)C(=O)N[C@@H](CCC(=O)O)C(=O)O. The summed E-state index contributed by atoms with van der Waals surface area (Å²) in [5.74, 6) is -19.9. The van der Waals surface area contributed by atoms with E-state index in [1.165, 1.54) is 0 Å². The lowest BCUT2D eigenvalue weighted by Crippen LogP contribution is -2.60. The van der Waals surface area contributed by atoms with Gasteiger partial charge in [-0.05, 0) is 44.9 Å². The summed E-state index contributed by atoms with van der Waals surface area (Å²) in [5.41, 5.74) is 5.67. The van der Waals surface area contributed by atoms with Gasteiger partial charge in [0.05, 0.1) is 6.04 Å². The van der Waals surface area contributed by atoms with E-state index in [1.807, 2.05) is 5.32 Å². The van der Waals surface area contributed by atoms with Crippen LogP contribution in [0.25, 0.3) is 0 Å². The van der Waals surface area contributed by atoms with Crippen molar-refractivity contribution >= 4 is 83.2 Å². The Bertz CT molecular complexity index is 1770. The quantitative estimate of drug-likeness (QED) is 0.0289. The van der Waals surface area contributed by atoms with Crippen molar-refractivity contribution in [1.29, 1.82) is 0 Å². The van der Waals surface area contributed by atoms with Crippen LogP contribution in [0.4, 0.5) is 0 Å². The lowest BCUT2D eigenvalue weighted by Gasteiger charge is -2.27. The summed E-state index contributed by atoms with van der Waals surface area (Å²) < 4.78 is 0. The molecule has 0 aliphatic rings. The minimum absolute atomic E-state index is 0.416. The van der Waals surface area contributed by atoms with Crippen LogP contribution in [0.1, 0.15) is 89.9 Å². The fraction of sp³-hybridized carbons (Fsp3) is 0.600. The van der Waals surface area contributed by atoms with Crippen LogP contribution in [0, 0.1) is 0 Å². The van der Waals surface area contributed by atoms with Crippen molar-refractivity contribution in [2.24, 2.45) is 5.73 Å². The first-order valence-corrected chi connectivity index (χ1v) is 19.1. The second kappa shape index (κ2) is 29.0. The first-order valence-electron chi connectivity index (χ1n) is 19.1. The van der Waals surface area contributed by atoms with Gasteiger partial charge < -0.3 is 78.5 Å². The Labute approximate surface area is 360 Å². The molecule has 0 aliphatic heterocycles. The Hall–Kier alpha value is -7.46. The number of carbonyl (C=O) groups excluding carboxylic acids is 6. The molecule has 0 saturated heterocycles. The molecule has 6 amide bonds. The molecule has 358 valence electrons. The molecule has 0 aromatic heterocycles. The number of hydrogen-bond acceptors (Lipinski definition) is 15. The topological polar surface area (TPSA) is 499 Å². The third-order valence-electron chi connectivity index (χ3n) is 8.67. The number of aliphatic carboxylic acids is 8. The van der Waals surface area contributed by atoms with Gasteiger partial charge in [0.2, 0.25) is 35.4 Å². The summed E-state index contributed by atoms with van der Waals surface area (Å²) >= 11 is 0. The van der Waals surface area contributed by atoms with Gasteiger partial charge in [-0.2, -0.15) is 0 Å². The van der Waals surface area contributed by atoms with E-state index in [0.717, 1.165) is 0 Å². The van der Waals surface area contributed by atoms with Crippen LogP contribution in [0.2, 0.25) is 0 Å². The molecule has 16 N–H and O–H groups in total. The molecule has 0 unspecified atom stereocenters. The minimum Gasteiger partial charge on any atom is -0.481 e. The van der Waals surface area contributed by atoms with E-state index in [-0.39, 0.29) is 0 Å². The van der Waals surface area contributed by atoms with Crippen LogP contribution in [-0.2, 0) is 67.1 Å². The lowest BCUT2D eigenvalue weighted by molar-refractivity contribution is -0.144. The zero-order valence-electron chi connectivity index (χ0n) is 33.8. The summed E-state index contributed by atoms with van der Waals surface area (Å²) in [6.45, 7) is 0. The maximum absolute atomic E-state index is 13.6. The van der Waals surface area contributed by atoms with Gasteiger partial charge >= 0.3 is 47.8 Å². The first kappa shape index (κ1) is 56.5. The van der Waals surface area contributed by atoms with E-state index in [9.17, 15) is 92.7 Å². The second-order valence-corrected chi connectivity index (χ2v) is 13.8. The molecule has 0 aromatic carbocycles. The molecule has 0 spiro atoms. The number of nitrogens with one attached hydrogen (secondary N) is 6. The normalized spacial score (nSPS) is 14.0. The molecular formula is C35H51N7O22. The number of carboxylic acids is 8. The minimum atomic E-state index is -1.99. The molecule has 29 nitrogen and oxygen atoms in total. The van der Waals surface area contributed by atoms with E-state index < -0.39 is 215 Å². The molecule has 0 saturated carbocycles. The van der Waals surface area contributed by atoms with Crippen LogP contribution in [-0.4, -0.2) is 166 Å². The van der Waals surface area contributed by atoms with Crippen LogP contribution in [0.3, 0.4) is 0 Å². The highest BCUT2D eigenvalue weighted by molar-refractivity contribution is 5.97. The third-order valence-corrected chi connectivity index (χ3v) is 8.67. The van der Waals surface area contributed by atoms with Crippen LogP contribution >= 0.6 is 0 Å². The highest BCUT2D eigenvalue weighted by Gasteiger charge is 2.35. The highest BCUT2D eigenvalue weighted by Crippen LogP contribution is 2.10. The summed E-state index contributed by atoms with van der Waals surface area (Å²) in [7, 11) is 0. The summed E-state index contributed by atoms with van der Waals surface area (Å²) in [6, 6.07) is -12.9. The van der Waals surface area contributed by atoms with Gasteiger partial charge in [0.1, 0.15) is 36.3 Å². The zero-order chi connectivity index (χ0) is 49.3. The first-order chi connectivity index (χ1) is 29.7. The number of amides is 6. The molecule has 0 rings (SSSR count). The fourth-order valence-corrected chi connectivity index (χ4v) is 5.26. The number of rotatable bonds is 34. The molecule has 7 atom stereocenters. The van der Waals surface area contributed by atoms with Crippen LogP contribution in [0.5, 0.6) is 0 Å². The molecular weight excluding hydrogens is 870 g/mol. The van der Waals surface area contributed by atoms with Gasteiger partial charge in [-0.25, -0.2) is 4.79 Å². The van der Waals surface area contributed by atoms with E-state index in [2.05, 4.69) is 26.6 Å². The number of hydrogen-bond donors (Lipinski definition) is 15. The van der Waals surface area contributed by atoms with Gasteiger partial charge in [-0.3, -0.25) is 62.3 Å². The number of nitrogens with two attached hydrogens (primary N) is 1. The van der Waals surface area contributed by atoms with Gasteiger partial charge in [-0.15, -0.1) is 0 Å². The van der Waals surface area contributed by atoms with E-state index >= 15 is 0 Å². The Morgan fingerprint density at radius 2 is 0.453 bits per heavy atom. The molecule has 64 heavy (non-hydrogen) atoms. The molecule has 0 fully saturated rings. The maximum atomic E-state index is 13.6. The van der Waals surface area contributed by atoms with Gasteiger partial charge in [0.25, 0.3) is 0 Å². The van der Waals surface area contributed by atoms with Crippen molar-refractivity contribution < 1.29 is 108 Å². The summed E-state index contributed by atoms with van der Waals surface area (Å²) in [5, 5.41) is 85.8. The average molecular weight is 922 g/mol. The molecule has 0 aromatic rings. The Morgan fingerprint density at radius 3 is 0.656 bits per heavy atom. The highest BCUT2D eigenvalue weighted by atomic mass is 16.4. The predicted molar refractivity (Wildman–Crippen MR) is 205 cm³/mol. The molecule has 0 aliphatic carbocycles. The van der Waals surface area contributed by atoms with E-state index in [0.29, 0.717) is 0 Å². The number of carbonyl (C=O) groups is 14. The Kier molecular flexibility index (Phi) is 25.6. The monoisotopic (exact) mass is 921 g/mol. The maximum Gasteiger partial charge on any atom is 0.326 e. The lowest BCUT2D eigenvalue weighted by atomic mass is 10.0. The zero-order valence-corrected chi connectivity index (χ0v) is 33.8. The van der Waals surface area contributed by atoms with Gasteiger partial charge in [0.15, 0.2) is 0 Å². The fourth-order valence-electron chi connectivity index (χ4n) is 5.26. The van der Waals surface area contributed by atoms with Crippen molar-refractivity contribution in [2.75, 3.05) is 0 Å². The third kappa shape index (κ3) is 24.7. The van der Waals surface area contributed by atoms with Crippen molar-refractivity contribution in [3.05, 3.63) is 0 Å². The van der Waals surface area contributed by atoms with Crippen molar-refractivity contribution in [3.63, 3.8) is 0 Å². The standard InChI is InChI=1S/C35H51N7O22/c36-15(1-8-22(43)44)29(57)37-16(2-9-23(45)46)30(58)38-17(3-10-24(47)48)31(59)39-18(4-11-25(49)50)32(60)40-19(5-12-26(51)52)33(61)41-20(6-13-27(53)54)34(62)42-21(35(63)64)7-14-28(55)56/h15-21H,1-14,36H2,(H,37,57)(H,38,58)(H,39,59)(H,40,60)(H,41,61)(H,42,62)(H,43,44)(H,45,46)(H,47,48)(H,49,50)(H,51,52)(H,53,54)(H,55,56)(H,63,64)/t15-,16-,17-,18-,19-,20-,21-/m0/s1. The van der Waals surface area contributed by atoms with E-state index in [4.69, 9.17) is 21.1 Å². The average Bonchev–Trinajstić information content (AvgIpc) is 3.18. The van der Waals surface area contributed by atoms with Gasteiger partial charge in [0, 0.05) is 44.9 Å². The second-order valence-electron chi connectivity index (χ2n) is 13.8. The Balaban J connectivity index is 6.68. The van der Waals surface area contributed by atoms with Crippen molar-refractivity contribution in [1.82, 2.24) is 31.9 Å². The van der Waals surface area contributed by atoms with Gasteiger partial charge in [-0.1, -0.05) is 0 Å². The van der Waals surface area contributed by atoms with Crippen molar-refractivity contribution in [3.8, 4) is 0 Å². The molecule has 0 bridgehead atoms. The molecule has 0 radical (unpaired) electrons. The van der Waals surface area contributed by atoms with Crippen LogP contribution in [0.15, 0.2) is 0 Å². The predicted octanol–water partition coefficient (Wildman–Crippen LogP) is -4.64. The van der Waals surface area contributed by atoms with Crippen molar-refractivity contribution in [2.45, 2.75) is 132 Å². The summed E-state index contributed by atoms with van der Waals surface area (Å²) in [4.78, 5) is 170. The number of carboxylic acid groups (broad SMARTS) is 8. The smallest absolute Gasteiger partial charge is 0.326 e.